The van der Waals surface area contributed by atoms with Crippen LogP contribution in [0.25, 0.3) is 0 Å². The van der Waals surface area contributed by atoms with Crippen LogP contribution in [-0.4, -0.2) is 12.1 Å². The third-order valence-electron chi connectivity index (χ3n) is 3.20. The van der Waals surface area contributed by atoms with E-state index in [-0.39, 0.29) is 5.91 Å². The van der Waals surface area contributed by atoms with Crippen LogP contribution in [-0.2, 0) is 11.2 Å². The summed E-state index contributed by atoms with van der Waals surface area (Å²) >= 11 is 0. The van der Waals surface area contributed by atoms with Crippen molar-refractivity contribution in [1.29, 1.82) is 0 Å². The summed E-state index contributed by atoms with van der Waals surface area (Å²) in [5.41, 5.74) is 4.12. The molecule has 0 spiro atoms. The molecule has 3 heteroatoms. The maximum Gasteiger partial charge on any atom is 0.251 e. The first-order chi connectivity index (χ1) is 9.24. The van der Waals surface area contributed by atoms with Crippen molar-refractivity contribution in [3.63, 3.8) is 0 Å². The van der Waals surface area contributed by atoms with Crippen molar-refractivity contribution in [3.05, 3.63) is 65.2 Å². The third kappa shape index (κ3) is 2.27. The van der Waals surface area contributed by atoms with E-state index >= 15 is 0 Å². The lowest BCUT2D eigenvalue weighted by atomic mass is 10.2. The maximum absolute atomic E-state index is 11.9. The van der Waals surface area contributed by atoms with Gasteiger partial charge in [0.05, 0.1) is 18.3 Å². The Labute approximate surface area is 112 Å². The average molecular weight is 250 g/mol. The van der Waals surface area contributed by atoms with Crippen LogP contribution in [0, 0.1) is 6.92 Å². The van der Waals surface area contributed by atoms with Crippen molar-refractivity contribution < 1.29 is 4.79 Å². The van der Waals surface area contributed by atoms with Crippen LogP contribution in [0.15, 0.2) is 53.6 Å². The highest BCUT2D eigenvalue weighted by atomic mass is 16.2. The van der Waals surface area contributed by atoms with Gasteiger partial charge in [-0.1, -0.05) is 48.0 Å². The molecule has 0 radical (unpaired) electrons. The van der Waals surface area contributed by atoms with Gasteiger partial charge in [-0.2, -0.15) is 5.10 Å². The number of carbonyl (C=O) groups is 1. The molecule has 3 nitrogen and oxygen atoms in total. The summed E-state index contributed by atoms with van der Waals surface area (Å²) in [7, 11) is 0. The van der Waals surface area contributed by atoms with Crippen LogP contribution >= 0.6 is 0 Å². The monoisotopic (exact) mass is 250 g/mol. The lowest BCUT2D eigenvalue weighted by molar-refractivity contribution is -0.117. The molecule has 0 aromatic heterocycles. The minimum absolute atomic E-state index is 0.0181. The minimum Gasteiger partial charge on any atom is -0.272 e. The fraction of sp³-hybridized carbons (Fsp3) is 0.125. The number of hydrogen-bond acceptors (Lipinski definition) is 2. The van der Waals surface area contributed by atoms with Crippen molar-refractivity contribution in [2.75, 3.05) is 5.01 Å². The fourth-order valence-electron chi connectivity index (χ4n) is 2.14. The van der Waals surface area contributed by atoms with E-state index in [0.29, 0.717) is 6.42 Å². The number of para-hydroxylation sites is 1. The second-order valence-electron chi connectivity index (χ2n) is 4.67. The van der Waals surface area contributed by atoms with E-state index < -0.39 is 0 Å². The zero-order valence-electron chi connectivity index (χ0n) is 10.7. The normalized spacial score (nSPS) is 14.2. The summed E-state index contributed by atoms with van der Waals surface area (Å²) in [6.07, 6.45) is 2.15. The minimum atomic E-state index is 0.0181. The van der Waals surface area contributed by atoms with Gasteiger partial charge in [0, 0.05) is 0 Å². The quantitative estimate of drug-likeness (QED) is 0.754. The maximum atomic E-state index is 11.9. The lowest BCUT2D eigenvalue weighted by Crippen LogP contribution is -2.20. The molecular formula is C16H14N2O. The molecule has 3 rings (SSSR count). The summed E-state index contributed by atoms with van der Waals surface area (Å²) in [6, 6.07) is 15.8. The first-order valence-electron chi connectivity index (χ1n) is 6.25. The molecule has 1 aliphatic heterocycles. The second kappa shape index (κ2) is 4.69. The smallest absolute Gasteiger partial charge is 0.251 e. The standard InChI is InChI=1S/C16H14N2O/c1-12-6-8-13(9-7-12)11-17-18-15-5-3-2-4-14(15)10-16(18)19/h2-9,11H,10H2,1H3/b17-11-. The van der Waals surface area contributed by atoms with Crippen molar-refractivity contribution in [3.8, 4) is 0 Å². The Morgan fingerprint density at radius 3 is 2.63 bits per heavy atom. The predicted molar refractivity (Wildman–Crippen MR) is 76.4 cm³/mol. The molecule has 0 aliphatic carbocycles. The van der Waals surface area contributed by atoms with Crippen LogP contribution in [0.3, 0.4) is 0 Å². The van der Waals surface area contributed by atoms with Gasteiger partial charge in [-0.3, -0.25) is 4.79 Å². The van der Waals surface area contributed by atoms with Gasteiger partial charge in [-0.15, -0.1) is 0 Å². The molecule has 2 aromatic rings. The number of hydrogen-bond donors (Lipinski definition) is 0. The van der Waals surface area contributed by atoms with E-state index in [1.165, 1.54) is 10.6 Å². The van der Waals surface area contributed by atoms with Crippen molar-refractivity contribution in [2.24, 2.45) is 5.10 Å². The SMILES string of the molecule is Cc1ccc(/C=N\N2C(=O)Cc3ccccc32)cc1. The number of aryl methyl sites for hydroxylation is 1. The van der Waals surface area contributed by atoms with Gasteiger partial charge in [0.2, 0.25) is 0 Å². The first-order valence-corrected chi connectivity index (χ1v) is 6.25. The van der Waals surface area contributed by atoms with Gasteiger partial charge in [-0.25, -0.2) is 5.01 Å². The number of amides is 1. The summed E-state index contributed by atoms with van der Waals surface area (Å²) in [4.78, 5) is 11.9. The van der Waals surface area contributed by atoms with Crippen LogP contribution in [0.4, 0.5) is 5.69 Å². The molecule has 0 bridgehead atoms. The van der Waals surface area contributed by atoms with Gasteiger partial charge in [-0.05, 0) is 24.1 Å². The molecule has 1 heterocycles. The zero-order valence-corrected chi connectivity index (χ0v) is 10.7. The number of anilines is 1. The number of carbonyl (C=O) groups excluding carboxylic acids is 1. The Morgan fingerprint density at radius 1 is 1.11 bits per heavy atom. The zero-order chi connectivity index (χ0) is 13.2. The molecular weight excluding hydrogens is 236 g/mol. The Bertz CT molecular complexity index is 644. The van der Waals surface area contributed by atoms with E-state index in [1.54, 1.807) is 6.21 Å². The van der Waals surface area contributed by atoms with Crippen molar-refractivity contribution in [1.82, 2.24) is 0 Å². The number of fused-ring (bicyclic) bond motifs is 1. The lowest BCUT2D eigenvalue weighted by Gasteiger charge is -2.09. The second-order valence-corrected chi connectivity index (χ2v) is 4.67. The summed E-state index contributed by atoms with van der Waals surface area (Å²) in [5.74, 6) is 0.0181. The molecule has 0 fully saturated rings. The largest absolute Gasteiger partial charge is 0.272 e. The molecule has 0 N–H and O–H groups in total. The number of hydrazone groups is 1. The Hall–Kier alpha value is -2.42. The van der Waals surface area contributed by atoms with Gasteiger partial charge in [0.1, 0.15) is 0 Å². The van der Waals surface area contributed by atoms with Crippen molar-refractivity contribution >= 4 is 17.8 Å². The molecule has 19 heavy (non-hydrogen) atoms. The van der Waals surface area contributed by atoms with E-state index in [9.17, 15) is 4.79 Å². The summed E-state index contributed by atoms with van der Waals surface area (Å²) in [6.45, 7) is 2.04. The Kier molecular flexibility index (Phi) is 2.88. The fourth-order valence-corrected chi connectivity index (χ4v) is 2.14. The Morgan fingerprint density at radius 2 is 1.84 bits per heavy atom. The topological polar surface area (TPSA) is 32.7 Å². The first kappa shape index (κ1) is 11.7. The molecule has 0 saturated carbocycles. The molecule has 94 valence electrons. The van der Waals surface area contributed by atoms with Gasteiger partial charge in [0.25, 0.3) is 5.91 Å². The molecule has 0 atom stereocenters. The Balaban J connectivity index is 1.87. The number of benzene rings is 2. The van der Waals surface area contributed by atoms with E-state index in [0.717, 1.165) is 16.8 Å². The highest BCUT2D eigenvalue weighted by molar-refractivity contribution is 6.02. The third-order valence-corrected chi connectivity index (χ3v) is 3.20. The molecule has 0 saturated heterocycles. The molecule has 2 aromatic carbocycles. The highest BCUT2D eigenvalue weighted by Crippen LogP contribution is 2.28. The van der Waals surface area contributed by atoms with Crippen LogP contribution in [0.1, 0.15) is 16.7 Å². The van der Waals surface area contributed by atoms with Gasteiger partial charge in [0.15, 0.2) is 0 Å². The van der Waals surface area contributed by atoms with E-state index in [4.69, 9.17) is 0 Å². The summed E-state index contributed by atoms with van der Waals surface area (Å²) < 4.78 is 0. The van der Waals surface area contributed by atoms with Crippen molar-refractivity contribution in [2.45, 2.75) is 13.3 Å². The molecule has 1 aliphatic rings. The van der Waals surface area contributed by atoms with Crippen LogP contribution in [0.5, 0.6) is 0 Å². The van der Waals surface area contributed by atoms with Crippen LogP contribution in [0.2, 0.25) is 0 Å². The summed E-state index contributed by atoms with van der Waals surface area (Å²) in [5, 5.41) is 5.79. The number of nitrogens with zero attached hydrogens (tertiary/aromatic N) is 2. The predicted octanol–water partition coefficient (Wildman–Crippen LogP) is 2.92. The molecule has 0 unspecified atom stereocenters. The van der Waals surface area contributed by atoms with E-state index in [1.807, 2.05) is 55.5 Å². The highest BCUT2D eigenvalue weighted by Gasteiger charge is 2.26. The van der Waals surface area contributed by atoms with Crippen LogP contribution < -0.4 is 5.01 Å². The van der Waals surface area contributed by atoms with Gasteiger partial charge < -0.3 is 0 Å². The average Bonchev–Trinajstić information content (AvgIpc) is 2.74. The van der Waals surface area contributed by atoms with E-state index in [2.05, 4.69) is 5.10 Å². The number of rotatable bonds is 2. The van der Waals surface area contributed by atoms with Gasteiger partial charge >= 0.3 is 0 Å². The molecule has 1 amide bonds.